The summed E-state index contributed by atoms with van der Waals surface area (Å²) in [5, 5.41) is 89.3. The predicted octanol–water partition coefficient (Wildman–Crippen LogP) is -2.46. The number of carbonyl (C=O) groups excluding carboxylic acids is 1. The number of benzene rings is 1. The molecule has 2 saturated heterocycles. The van der Waals surface area contributed by atoms with E-state index in [2.05, 4.69) is 0 Å². The van der Waals surface area contributed by atoms with Crippen LogP contribution < -0.4 is 14.2 Å². The van der Waals surface area contributed by atoms with Gasteiger partial charge in [-0.1, -0.05) is 13.0 Å². The molecule has 2 aliphatic heterocycles. The van der Waals surface area contributed by atoms with Crippen LogP contribution in [-0.4, -0.2) is 153 Å². The van der Waals surface area contributed by atoms with Crippen LogP contribution in [0.2, 0.25) is 0 Å². The van der Waals surface area contributed by atoms with Crippen molar-refractivity contribution in [3.05, 3.63) is 23.8 Å². The molecule has 1 aromatic rings. The Labute approximate surface area is 270 Å². The van der Waals surface area contributed by atoms with E-state index in [0.717, 1.165) is 0 Å². The lowest BCUT2D eigenvalue weighted by atomic mass is 9.76. The fourth-order valence-corrected chi connectivity index (χ4v) is 5.52. The van der Waals surface area contributed by atoms with Crippen molar-refractivity contribution in [2.24, 2.45) is 5.41 Å². The normalized spacial score (nSPS) is 32.4. The van der Waals surface area contributed by atoms with Crippen LogP contribution in [0.5, 0.6) is 17.2 Å². The first-order chi connectivity index (χ1) is 22.2. The highest BCUT2D eigenvalue weighted by Crippen LogP contribution is 2.41. The number of aliphatic carboxylic acids is 1. The summed E-state index contributed by atoms with van der Waals surface area (Å²) in [6.07, 6.45) is -12.9. The van der Waals surface area contributed by atoms with E-state index in [4.69, 9.17) is 28.4 Å². The summed E-state index contributed by atoms with van der Waals surface area (Å²) in [6, 6.07) is 3.04. The van der Waals surface area contributed by atoms with Gasteiger partial charge in [-0.15, -0.1) is 0 Å². The van der Waals surface area contributed by atoms with Gasteiger partial charge in [-0.25, -0.2) is 0 Å². The molecule has 3 rings (SSSR count). The number of aliphatic hydroxyl groups is 8. The molecular weight excluding hydrogens is 632 g/mol. The van der Waals surface area contributed by atoms with Gasteiger partial charge >= 0.3 is 11.9 Å². The summed E-state index contributed by atoms with van der Waals surface area (Å²) in [5.74, 6) is -1.76. The van der Waals surface area contributed by atoms with Crippen LogP contribution in [0.3, 0.4) is 0 Å². The van der Waals surface area contributed by atoms with E-state index < -0.39 is 105 Å². The number of esters is 1. The highest BCUT2D eigenvalue weighted by atomic mass is 16.7. The number of hydrogen-bond donors (Lipinski definition) is 9. The highest BCUT2D eigenvalue weighted by molar-refractivity contribution is 5.73. The van der Waals surface area contributed by atoms with E-state index in [1.807, 2.05) is 0 Å². The molecule has 0 spiro atoms. The van der Waals surface area contributed by atoms with Crippen LogP contribution in [0.15, 0.2) is 18.2 Å². The average Bonchev–Trinajstić information content (AvgIpc) is 3.03. The number of methoxy groups -OCH3 is 2. The van der Waals surface area contributed by atoms with Crippen molar-refractivity contribution in [1.29, 1.82) is 0 Å². The van der Waals surface area contributed by atoms with E-state index in [1.54, 1.807) is 6.08 Å². The number of hydrogen-bond acceptors (Lipinski definition) is 16. The van der Waals surface area contributed by atoms with Gasteiger partial charge in [0.05, 0.1) is 46.4 Å². The second-order valence-corrected chi connectivity index (χ2v) is 11.8. The largest absolute Gasteiger partial charge is 0.493 e. The van der Waals surface area contributed by atoms with Crippen molar-refractivity contribution in [3.63, 3.8) is 0 Å². The number of ether oxygens (including phenoxy) is 6. The van der Waals surface area contributed by atoms with Gasteiger partial charge in [0.1, 0.15) is 55.4 Å². The van der Waals surface area contributed by atoms with Crippen molar-refractivity contribution in [2.45, 2.75) is 87.4 Å². The molecule has 0 aromatic heterocycles. The topological polar surface area (TPSA) is 272 Å². The standard InChI is InChI=1S/C30H44O17/c1-30(10-20(33)34,9-17-22(36)25(39)23(37)18(12-31)45-17)11-21(35)44-6-4-5-14-7-15(42-2)28(16(8-14)43-3)47-29-27(41)26(40)24(38)19(13-32)46-29/h4-5,7-8,17-19,22-27,29,31-32,36-41H,6,9-13H2,1-3H3,(H,33,34)/t17-,18-,19-,22+,23-,24-,25-,26+,27-,29-,30+/m1/s1. The molecule has 17 heteroatoms. The molecular formula is C30H44O17. The van der Waals surface area contributed by atoms with Gasteiger partial charge in [0.15, 0.2) is 11.5 Å². The zero-order valence-electron chi connectivity index (χ0n) is 26.1. The summed E-state index contributed by atoms with van der Waals surface area (Å²) < 4.78 is 32.7. The molecule has 11 atom stereocenters. The number of carbonyl (C=O) groups is 2. The molecule has 0 radical (unpaired) electrons. The van der Waals surface area contributed by atoms with Crippen LogP contribution in [-0.2, 0) is 23.8 Å². The minimum absolute atomic E-state index is 0.0139. The van der Waals surface area contributed by atoms with E-state index >= 15 is 0 Å². The van der Waals surface area contributed by atoms with Crippen molar-refractivity contribution in [2.75, 3.05) is 34.0 Å². The number of carboxylic acid groups (broad SMARTS) is 1. The van der Waals surface area contributed by atoms with Crippen molar-refractivity contribution in [3.8, 4) is 17.2 Å². The van der Waals surface area contributed by atoms with Gasteiger partial charge in [0.2, 0.25) is 12.0 Å². The molecule has 0 saturated carbocycles. The second kappa shape index (κ2) is 16.8. The van der Waals surface area contributed by atoms with E-state index in [-0.39, 0.29) is 30.3 Å². The Morgan fingerprint density at radius 2 is 1.34 bits per heavy atom. The highest BCUT2D eigenvalue weighted by Gasteiger charge is 2.47. The molecule has 17 nitrogen and oxygen atoms in total. The lowest BCUT2D eigenvalue weighted by Gasteiger charge is -2.43. The van der Waals surface area contributed by atoms with Gasteiger partial charge < -0.3 is 74.4 Å². The molecule has 0 aliphatic carbocycles. The first kappa shape index (κ1) is 38.3. The first-order valence-corrected chi connectivity index (χ1v) is 14.8. The Kier molecular flexibility index (Phi) is 13.7. The predicted molar refractivity (Wildman–Crippen MR) is 157 cm³/mol. The molecule has 0 amide bonds. The molecule has 1 aromatic carbocycles. The molecule has 9 N–H and O–H groups in total. The van der Waals surface area contributed by atoms with Gasteiger partial charge in [-0.05, 0) is 35.6 Å². The first-order valence-electron chi connectivity index (χ1n) is 14.8. The Morgan fingerprint density at radius 3 is 1.87 bits per heavy atom. The maximum atomic E-state index is 12.7. The van der Waals surface area contributed by atoms with E-state index in [9.17, 15) is 55.5 Å². The molecule has 2 heterocycles. The Bertz CT molecular complexity index is 1200. The lowest BCUT2D eigenvalue weighted by Crippen LogP contribution is -2.60. The summed E-state index contributed by atoms with van der Waals surface area (Å²) in [7, 11) is 2.67. The van der Waals surface area contributed by atoms with E-state index in [1.165, 1.54) is 39.4 Å². The molecule has 0 bridgehead atoms. The fourth-order valence-electron chi connectivity index (χ4n) is 5.52. The minimum atomic E-state index is -1.67. The molecule has 47 heavy (non-hydrogen) atoms. The third kappa shape index (κ3) is 9.50. The van der Waals surface area contributed by atoms with Crippen LogP contribution in [0.4, 0.5) is 0 Å². The third-order valence-electron chi connectivity index (χ3n) is 8.05. The summed E-state index contributed by atoms with van der Waals surface area (Å²) >= 11 is 0. The quantitative estimate of drug-likeness (QED) is 0.0872. The van der Waals surface area contributed by atoms with Crippen LogP contribution >= 0.6 is 0 Å². The van der Waals surface area contributed by atoms with E-state index in [0.29, 0.717) is 5.56 Å². The van der Waals surface area contributed by atoms with Gasteiger partial charge in [-0.2, -0.15) is 0 Å². The monoisotopic (exact) mass is 676 g/mol. The third-order valence-corrected chi connectivity index (χ3v) is 8.05. The smallest absolute Gasteiger partial charge is 0.306 e. The van der Waals surface area contributed by atoms with Crippen molar-refractivity contribution < 1.29 is 84.0 Å². The molecule has 266 valence electrons. The van der Waals surface area contributed by atoms with Gasteiger partial charge in [0, 0.05) is 0 Å². The zero-order chi connectivity index (χ0) is 35.1. The van der Waals surface area contributed by atoms with Gasteiger partial charge in [0.25, 0.3) is 0 Å². The maximum absolute atomic E-state index is 12.7. The molecule has 2 aliphatic rings. The lowest BCUT2D eigenvalue weighted by molar-refractivity contribution is -0.277. The van der Waals surface area contributed by atoms with Crippen LogP contribution in [0.1, 0.15) is 31.7 Å². The Hall–Kier alpha value is -3.10. The Morgan fingerprint density at radius 1 is 0.809 bits per heavy atom. The summed E-state index contributed by atoms with van der Waals surface area (Å²) in [5.41, 5.74) is -0.799. The van der Waals surface area contributed by atoms with Crippen LogP contribution in [0.25, 0.3) is 6.08 Å². The van der Waals surface area contributed by atoms with Crippen molar-refractivity contribution in [1.82, 2.24) is 0 Å². The fraction of sp³-hybridized carbons (Fsp3) is 0.667. The average molecular weight is 677 g/mol. The minimum Gasteiger partial charge on any atom is -0.493 e. The Balaban J connectivity index is 1.66. The maximum Gasteiger partial charge on any atom is 0.306 e. The SMILES string of the molecule is COc1cc(C=CCOC(=O)C[C@](C)(CC(=O)O)C[C@H]2O[C@H](CO)[C@@H](O)[C@H](O)[C@H]2O)cc(OC)c1O[C@H]1O[C@H](CO)[C@@H](O)[C@H](O)[C@H]1O. The number of carboxylic acids is 1. The number of rotatable bonds is 15. The molecule has 0 unspecified atom stereocenters. The molecule has 2 fully saturated rings. The summed E-state index contributed by atoms with van der Waals surface area (Å²) in [4.78, 5) is 24.4. The second-order valence-electron chi connectivity index (χ2n) is 11.8. The van der Waals surface area contributed by atoms with Gasteiger partial charge in [-0.3, -0.25) is 9.59 Å². The van der Waals surface area contributed by atoms with Crippen LogP contribution in [0, 0.1) is 5.41 Å². The number of aliphatic hydroxyl groups excluding tert-OH is 8. The van der Waals surface area contributed by atoms with Crippen molar-refractivity contribution >= 4 is 18.0 Å². The zero-order valence-corrected chi connectivity index (χ0v) is 26.1. The summed E-state index contributed by atoms with van der Waals surface area (Å²) in [6.45, 7) is -0.0521.